The zero-order chi connectivity index (χ0) is 15.8. The highest BCUT2D eigenvalue weighted by molar-refractivity contribution is 14.1. The summed E-state index contributed by atoms with van der Waals surface area (Å²) in [5.41, 5.74) is 5.24. The molecular weight excluding hydrogens is 399 g/mol. The molecule has 0 unspecified atom stereocenters. The quantitative estimate of drug-likeness (QED) is 0.265. The number of hydrogen-bond acceptors (Lipinski definition) is 1. The molecule has 0 aliphatic carbocycles. The molecule has 22 heavy (non-hydrogen) atoms. The lowest BCUT2D eigenvalue weighted by Crippen LogP contribution is -1.92. The van der Waals surface area contributed by atoms with Gasteiger partial charge in [0.15, 0.2) is 0 Å². The first-order valence-electron chi connectivity index (χ1n) is 8.21. The largest absolute Gasteiger partial charge is 0.508 e. The Labute approximate surface area is 149 Å². The minimum absolute atomic E-state index is 0.107. The van der Waals surface area contributed by atoms with Gasteiger partial charge in [0.25, 0.3) is 0 Å². The summed E-state index contributed by atoms with van der Waals surface area (Å²) in [5.74, 6) is 0.380. The van der Waals surface area contributed by atoms with Gasteiger partial charge in [0, 0.05) is 0 Å². The Morgan fingerprint density at radius 2 is 1.77 bits per heavy atom. The zero-order valence-corrected chi connectivity index (χ0v) is 16.9. The molecule has 0 saturated heterocycles. The first-order chi connectivity index (χ1) is 10.7. The van der Waals surface area contributed by atoms with Gasteiger partial charge in [-0.05, 0) is 53.6 Å². The van der Waals surface area contributed by atoms with Crippen molar-refractivity contribution < 1.29 is 5.11 Å². The monoisotopic (exact) mass is 424 g/mol. The Morgan fingerprint density at radius 1 is 1.00 bits per heavy atom. The normalized spacial score (nSPS) is 11.4. The van der Waals surface area contributed by atoms with E-state index in [1.807, 2.05) is 6.07 Å². The Hall–Kier alpha value is -0.813. The molecule has 0 heterocycles. The number of halogens is 1. The molecule has 0 spiro atoms. The molecule has 0 saturated carbocycles. The molecule has 1 nitrogen and oxygen atoms in total. The van der Waals surface area contributed by atoms with E-state index >= 15 is 0 Å². The van der Waals surface area contributed by atoms with E-state index in [0.717, 1.165) is 6.42 Å². The lowest BCUT2D eigenvalue weighted by atomic mass is 9.95. The van der Waals surface area contributed by atoms with Gasteiger partial charge in [-0.2, -0.15) is 0 Å². The molecular formula is C19H25IOSi. The third-order valence-corrected chi connectivity index (χ3v) is 7.06. The highest BCUT2D eigenvalue weighted by Gasteiger charge is 2.07. The third-order valence-electron chi connectivity index (χ3n) is 4.00. The average Bonchev–Trinajstić information content (AvgIpc) is 2.54. The first-order valence-corrected chi connectivity index (χ1v) is 14.3. The molecule has 1 N–H and O–H groups in total. The van der Waals surface area contributed by atoms with Crippen LogP contribution in [0.15, 0.2) is 42.5 Å². The number of aromatic hydroxyl groups is 1. The van der Waals surface area contributed by atoms with Crippen LogP contribution in [0.1, 0.15) is 37.3 Å². The van der Waals surface area contributed by atoms with Gasteiger partial charge >= 0.3 is 0 Å². The van der Waals surface area contributed by atoms with E-state index < -0.39 is 0 Å². The highest BCUT2D eigenvalue weighted by atomic mass is 127. The summed E-state index contributed by atoms with van der Waals surface area (Å²) in [6.45, 7) is 2.23. The van der Waals surface area contributed by atoms with E-state index in [2.05, 4.69) is 59.1 Å². The van der Waals surface area contributed by atoms with Crippen molar-refractivity contribution in [2.75, 3.05) is 0 Å². The highest BCUT2D eigenvalue weighted by Crippen LogP contribution is 2.29. The number of phenols is 1. The van der Waals surface area contributed by atoms with E-state index in [1.54, 1.807) is 6.07 Å². The molecule has 0 radical (unpaired) electrons. The van der Waals surface area contributed by atoms with E-state index in [1.165, 1.54) is 54.0 Å². The van der Waals surface area contributed by atoms with Crippen molar-refractivity contribution in [1.82, 2.24) is 0 Å². The molecule has 118 valence electrons. The van der Waals surface area contributed by atoms with Crippen LogP contribution in [-0.4, -0.2) is 12.1 Å². The predicted molar refractivity (Wildman–Crippen MR) is 108 cm³/mol. The smallest absolute Gasteiger partial charge is 0.115 e. The summed E-state index contributed by atoms with van der Waals surface area (Å²) in [7, 11) is 0.107. The molecule has 3 heteroatoms. The number of hydrogen-bond donors (Lipinski definition) is 1. The second-order valence-electron chi connectivity index (χ2n) is 5.79. The van der Waals surface area contributed by atoms with Gasteiger partial charge in [0.05, 0.1) is 7.02 Å². The molecule has 2 rings (SSSR count). The van der Waals surface area contributed by atoms with Crippen LogP contribution in [0.4, 0.5) is 0 Å². The van der Waals surface area contributed by atoms with Gasteiger partial charge in [-0.3, -0.25) is 0 Å². The number of aryl methyl sites for hydroxylation is 2. The minimum atomic E-state index is 0.107. The maximum atomic E-state index is 9.79. The summed E-state index contributed by atoms with van der Waals surface area (Å²) < 4.78 is 0. The van der Waals surface area contributed by atoms with Crippen molar-refractivity contribution in [2.45, 2.75) is 45.1 Å². The second-order valence-corrected chi connectivity index (χ2v) is 10.1. The summed E-state index contributed by atoms with van der Waals surface area (Å²) in [5, 5.41) is 9.79. The maximum Gasteiger partial charge on any atom is 0.115 e. The van der Waals surface area contributed by atoms with Crippen LogP contribution >= 0.6 is 21.8 Å². The molecule has 0 fully saturated rings. The molecule has 0 aliphatic rings. The fraction of sp³-hybridized carbons (Fsp3) is 0.368. The van der Waals surface area contributed by atoms with E-state index in [-0.39, 0.29) is 7.02 Å². The lowest BCUT2D eigenvalue weighted by molar-refractivity contribution is 0.474. The number of unbranched alkanes of at least 4 members (excludes halogenated alkanes) is 1. The summed E-state index contributed by atoms with van der Waals surface area (Å²) >= 11 is 2.56. The molecule has 0 aliphatic heterocycles. The number of phenolic OH excluding ortho intramolecular Hbond substituents is 1. The third kappa shape index (κ3) is 5.13. The summed E-state index contributed by atoms with van der Waals surface area (Å²) in [6, 6.07) is 16.1. The van der Waals surface area contributed by atoms with Crippen molar-refractivity contribution in [2.24, 2.45) is 0 Å². The van der Waals surface area contributed by atoms with Gasteiger partial charge in [-0.1, -0.05) is 56.1 Å². The van der Waals surface area contributed by atoms with Gasteiger partial charge in [-0.25, -0.2) is 0 Å². The first kappa shape index (κ1) is 17.5. The topological polar surface area (TPSA) is 20.2 Å². The lowest BCUT2D eigenvalue weighted by Gasteiger charge is -2.11. The van der Waals surface area contributed by atoms with Gasteiger partial charge in [0.2, 0.25) is 0 Å². The van der Waals surface area contributed by atoms with Gasteiger partial charge in [0.1, 0.15) is 5.75 Å². The van der Waals surface area contributed by atoms with Crippen molar-refractivity contribution in [3.63, 3.8) is 0 Å². The van der Waals surface area contributed by atoms with Crippen LogP contribution in [-0.2, 0) is 12.8 Å². The second kappa shape index (κ2) is 9.35. The molecule has 2 aromatic rings. The summed E-state index contributed by atoms with van der Waals surface area (Å²) in [6.07, 6.45) is 5.96. The minimum Gasteiger partial charge on any atom is -0.508 e. The number of benzene rings is 2. The van der Waals surface area contributed by atoms with Gasteiger partial charge in [-0.15, -0.1) is 21.8 Å². The average molecular weight is 424 g/mol. The van der Waals surface area contributed by atoms with E-state index in [0.29, 0.717) is 5.75 Å². The fourth-order valence-corrected chi connectivity index (χ4v) is 4.77. The Balaban J connectivity index is 2.19. The van der Waals surface area contributed by atoms with Crippen LogP contribution in [0.3, 0.4) is 0 Å². The standard InChI is InChI=1S/C19H25IOSi/c1-2-3-5-15-7-9-16(10-8-15)19-12-11-18(21)14-17(19)6-4-13-22-20/h7-12,14,21H,2-6,13,22H2,1H3. The van der Waals surface area contributed by atoms with Crippen molar-refractivity contribution in [3.8, 4) is 16.9 Å². The predicted octanol–water partition coefficient (Wildman–Crippen LogP) is 5.27. The van der Waals surface area contributed by atoms with Crippen LogP contribution in [0.2, 0.25) is 6.04 Å². The Morgan fingerprint density at radius 3 is 2.45 bits per heavy atom. The zero-order valence-electron chi connectivity index (χ0n) is 13.3. The number of rotatable bonds is 8. The van der Waals surface area contributed by atoms with Crippen LogP contribution in [0.25, 0.3) is 11.1 Å². The SMILES string of the molecule is CCCCc1ccc(-c2ccc(O)cc2CCC[SiH2]I)cc1. The molecule has 0 amide bonds. The Kier molecular flexibility index (Phi) is 7.46. The van der Waals surface area contributed by atoms with Crippen molar-refractivity contribution in [3.05, 3.63) is 53.6 Å². The molecule has 0 aromatic heterocycles. The van der Waals surface area contributed by atoms with Crippen molar-refractivity contribution in [1.29, 1.82) is 0 Å². The maximum absolute atomic E-state index is 9.79. The van der Waals surface area contributed by atoms with Crippen LogP contribution in [0, 0.1) is 0 Å². The summed E-state index contributed by atoms with van der Waals surface area (Å²) in [4.78, 5) is 0. The Bertz CT molecular complexity index is 580. The van der Waals surface area contributed by atoms with E-state index in [9.17, 15) is 5.11 Å². The molecule has 0 bridgehead atoms. The van der Waals surface area contributed by atoms with Crippen molar-refractivity contribution >= 4 is 28.8 Å². The van der Waals surface area contributed by atoms with Crippen LogP contribution in [0.5, 0.6) is 5.75 Å². The van der Waals surface area contributed by atoms with Crippen LogP contribution < -0.4 is 0 Å². The molecule has 0 atom stereocenters. The fourth-order valence-electron chi connectivity index (χ4n) is 2.71. The molecule has 2 aromatic carbocycles. The van der Waals surface area contributed by atoms with E-state index in [4.69, 9.17) is 0 Å². The van der Waals surface area contributed by atoms with Gasteiger partial charge < -0.3 is 5.11 Å².